The fraction of sp³-hybridized carbons (Fsp3) is 0.800. The topological polar surface area (TPSA) is 35.5 Å². The molecule has 0 aromatic carbocycles. The SMILES string of the molecule is O=C(I)O[C@@H]1CCOC1. The molecule has 0 bridgehead atoms. The van der Waals surface area contributed by atoms with Crippen molar-refractivity contribution < 1.29 is 14.3 Å². The number of halogens is 1. The van der Waals surface area contributed by atoms with Gasteiger partial charge in [-0.05, 0) is 0 Å². The van der Waals surface area contributed by atoms with Crippen LogP contribution in [0.25, 0.3) is 0 Å². The number of rotatable bonds is 1. The molecule has 52 valence electrons. The van der Waals surface area contributed by atoms with Gasteiger partial charge in [0.15, 0.2) is 0 Å². The van der Waals surface area contributed by atoms with E-state index in [1.165, 1.54) is 0 Å². The van der Waals surface area contributed by atoms with Crippen molar-refractivity contribution >= 4 is 26.6 Å². The molecule has 1 atom stereocenters. The lowest BCUT2D eigenvalue weighted by atomic mass is 10.3. The largest absolute Gasteiger partial charge is 0.452 e. The number of hydrogen-bond acceptors (Lipinski definition) is 3. The van der Waals surface area contributed by atoms with Crippen molar-refractivity contribution in [1.29, 1.82) is 0 Å². The van der Waals surface area contributed by atoms with E-state index in [0.717, 1.165) is 6.42 Å². The zero-order valence-electron chi connectivity index (χ0n) is 4.80. The summed E-state index contributed by atoms with van der Waals surface area (Å²) < 4.78 is 9.56. The highest BCUT2D eigenvalue weighted by Crippen LogP contribution is 2.10. The first-order valence-corrected chi connectivity index (χ1v) is 3.81. The molecule has 9 heavy (non-hydrogen) atoms. The second-order valence-electron chi connectivity index (χ2n) is 1.84. The molecule has 0 N–H and O–H groups in total. The van der Waals surface area contributed by atoms with Gasteiger partial charge in [-0.3, -0.25) is 0 Å². The Hall–Kier alpha value is 0.160. The van der Waals surface area contributed by atoms with Crippen LogP contribution < -0.4 is 0 Å². The van der Waals surface area contributed by atoms with Gasteiger partial charge in [0.05, 0.1) is 35.8 Å². The highest BCUT2D eigenvalue weighted by atomic mass is 127. The van der Waals surface area contributed by atoms with Crippen molar-refractivity contribution in [2.45, 2.75) is 12.5 Å². The van der Waals surface area contributed by atoms with Crippen LogP contribution in [0, 0.1) is 0 Å². The van der Waals surface area contributed by atoms with Crippen molar-refractivity contribution in [1.82, 2.24) is 0 Å². The first-order valence-electron chi connectivity index (χ1n) is 2.73. The number of carbonyl (C=O) groups excluding carboxylic acids is 1. The van der Waals surface area contributed by atoms with Crippen LogP contribution in [0.3, 0.4) is 0 Å². The van der Waals surface area contributed by atoms with Crippen LogP contribution in [-0.2, 0) is 9.47 Å². The van der Waals surface area contributed by atoms with Crippen LogP contribution in [0.2, 0.25) is 0 Å². The summed E-state index contributed by atoms with van der Waals surface area (Å²) in [6.45, 7) is 1.28. The minimum absolute atomic E-state index is 0.00870. The van der Waals surface area contributed by atoms with E-state index in [-0.39, 0.29) is 10.1 Å². The summed E-state index contributed by atoms with van der Waals surface area (Å²) in [5, 5.41) is 0. The molecule has 4 heteroatoms. The summed E-state index contributed by atoms with van der Waals surface area (Å²) >= 11 is 1.62. The number of hydrogen-bond donors (Lipinski definition) is 0. The summed E-state index contributed by atoms with van der Waals surface area (Å²) in [4.78, 5) is 10.3. The molecule has 0 aromatic heterocycles. The Kier molecular flexibility index (Phi) is 2.71. The highest BCUT2D eigenvalue weighted by molar-refractivity contribution is 14.1. The zero-order chi connectivity index (χ0) is 6.69. The third kappa shape index (κ3) is 2.49. The summed E-state index contributed by atoms with van der Waals surface area (Å²) in [7, 11) is 0. The first kappa shape index (κ1) is 7.27. The summed E-state index contributed by atoms with van der Waals surface area (Å²) in [6, 6.07) is 0. The zero-order valence-corrected chi connectivity index (χ0v) is 6.96. The summed E-state index contributed by atoms with van der Waals surface area (Å²) in [6.07, 6.45) is 0.851. The van der Waals surface area contributed by atoms with Crippen LogP contribution >= 0.6 is 22.6 Å². The average Bonchev–Trinajstić information content (AvgIpc) is 2.15. The van der Waals surface area contributed by atoms with E-state index in [1.807, 2.05) is 0 Å². The molecule has 1 aliphatic heterocycles. The van der Waals surface area contributed by atoms with Gasteiger partial charge in [-0.2, -0.15) is 0 Å². The van der Waals surface area contributed by atoms with Gasteiger partial charge >= 0.3 is 3.98 Å². The third-order valence-electron chi connectivity index (χ3n) is 1.15. The van der Waals surface area contributed by atoms with Crippen LogP contribution in [0.1, 0.15) is 6.42 Å². The fourth-order valence-electron chi connectivity index (χ4n) is 0.737. The number of carbonyl (C=O) groups is 1. The second kappa shape index (κ2) is 3.36. The maximum Gasteiger partial charge on any atom is 0.367 e. The Labute approximate surface area is 66.8 Å². The summed E-state index contributed by atoms with van der Waals surface area (Å²) in [5.41, 5.74) is 0. The second-order valence-corrected chi connectivity index (χ2v) is 2.72. The van der Waals surface area contributed by atoms with Crippen LogP contribution in [-0.4, -0.2) is 23.3 Å². The van der Waals surface area contributed by atoms with Crippen molar-refractivity contribution in [2.75, 3.05) is 13.2 Å². The number of ether oxygens (including phenoxy) is 2. The average molecular weight is 242 g/mol. The van der Waals surface area contributed by atoms with E-state index in [0.29, 0.717) is 13.2 Å². The molecule has 0 aromatic rings. The molecule has 1 fully saturated rings. The lowest BCUT2D eigenvalue weighted by Crippen LogP contribution is -2.12. The van der Waals surface area contributed by atoms with Crippen LogP contribution in [0.4, 0.5) is 4.79 Å². The quantitative estimate of drug-likeness (QED) is 0.514. The van der Waals surface area contributed by atoms with E-state index in [2.05, 4.69) is 0 Å². The maximum absolute atomic E-state index is 10.3. The Bertz CT molecular complexity index is 109. The fourth-order valence-corrected chi connectivity index (χ4v) is 1.10. The van der Waals surface area contributed by atoms with Gasteiger partial charge in [-0.15, -0.1) is 0 Å². The van der Waals surface area contributed by atoms with Crippen LogP contribution in [0.5, 0.6) is 0 Å². The first-order chi connectivity index (χ1) is 4.29. The van der Waals surface area contributed by atoms with E-state index in [9.17, 15) is 4.79 Å². The molecule has 3 nitrogen and oxygen atoms in total. The van der Waals surface area contributed by atoms with Crippen molar-refractivity contribution in [3.8, 4) is 0 Å². The van der Waals surface area contributed by atoms with Gasteiger partial charge in [0, 0.05) is 6.42 Å². The summed E-state index contributed by atoms with van der Waals surface area (Å²) in [5.74, 6) is 0. The molecule has 0 unspecified atom stereocenters. The van der Waals surface area contributed by atoms with Gasteiger partial charge in [0.1, 0.15) is 6.10 Å². The minimum atomic E-state index is -0.247. The minimum Gasteiger partial charge on any atom is -0.452 e. The van der Waals surface area contributed by atoms with E-state index < -0.39 is 0 Å². The van der Waals surface area contributed by atoms with E-state index >= 15 is 0 Å². The molecule has 0 spiro atoms. The third-order valence-corrected chi connectivity index (χ3v) is 1.40. The Morgan fingerprint density at radius 3 is 3.00 bits per heavy atom. The van der Waals surface area contributed by atoms with Gasteiger partial charge in [-0.25, -0.2) is 4.79 Å². The molecule has 0 radical (unpaired) electrons. The monoisotopic (exact) mass is 242 g/mol. The lowest BCUT2D eigenvalue weighted by molar-refractivity contribution is 0.104. The predicted molar refractivity (Wildman–Crippen MR) is 39.7 cm³/mol. The van der Waals surface area contributed by atoms with Gasteiger partial charge in [0.2, 0.25) is 0 Å². The Morgan fingerprint density at radius 2 is 2.56 bits per heavy atom. The van der Waals surface area contributed by atoms with Gasteiger partial charge in [0.25, 0.3) is 0 Å². The molecule has 0 aliphatic carbocycles. The van der Waals surface area contributed by atoms with E-state index in [4.69, 9.17) is 9.47 Å². The van der Waals surface area contributed by atoms with Crippen molar-refractivity contribution in [2.24, 2.45) is 0 Å². The molecule has 0 amide bonds. The van der Waals surface area contributed by atoms with Crippen molar-refractivity contribution in [3.05, 3.63) is 0 Å². The van der Waals surface area contributed by atoms with Gasteiger partial charge < -0.3 is 9.47 Å². The molecule has 1 aliphatic rings. The molecular formula is C5H7IO3. The van der Waals surface area contributed by atoms with Gasteiger partial charge in [-0.1, -0.05) is 0 Å². The molecular weight excluding hydrogens is 235 g/mol. The standard InChI is InChI=1S/C5H7IO3/c6-5(7)9-4-1-2-8-3-4/h4H,1-3H2/t4-/m1/s1. The normalized spacial score (nSPS) is 26.1. The van der Waals surface area contributed by atoms with Crippen molar-refractivity contribution in [3.63, 3.8) is 0 Å². The van der Waals surface area contributed by atoms with E-state index in [1.54, 1.807) is 22.6 Å². The highest BCUT2D eigenvalue weighted by Gasteiger charge is 2.17. The smallest absolute Gasteiger partial charge is 0.367 e. The Morgan fingerprint density at radius 1 is 1.78 bits per heavy atom. The predicted octanol–water partition coefficient (Wildman–Crippen LogP) is 1.35. The van der Waals surface area contributed by atoms with Crippen LogP contribution in [0.15, 0.2) is 0 Å². The molecule has 1 saturated heterocycles. The molecule has 1 rings (SSSR count). The molecule has 1 heterocycles. The lowest BCUT2D eigenvalue weighted by Gasteiger charge is -2.04. The molecule has 0 saturated carbocycles. The maximum atomic E-state index is 10.3. The Balaban J connectivity index is 2.19.